The van der Waals surface area contributed by atoms with Gasteiger partial charge in [0.25, 0.3) is 0 Å². The predicted octanol–water partition coefficient (Wildman–Crippen LogP) is 3.86. The maximum Gasteiger partial charge on any atom is 0.207 e. The molecule has 1 aromatic heterocycles. The van der Waals surface area contributed by atoms with Crippen LogP contribution in [0.25, 0.3) is 11.0 Å². The van der Waals surface area contributed by atoms with Gasteiger partial charge >= 0.3 is 0 Å². The monoisotopic (exact) mass is 471 g/mol. The topological polar surface area (TPSA) is 56.6 Å². The molecule has 8 heteroatoms. The number of piperazine rings is 1. The third-order valence-electron chi connectivity index (χ3n) is 6.91. The number of aromatic nitrogens is 2. The van der Waals surface area contributed by atoms with Crippen molar-refractivity contribution in [3.63, 3.8) is 0 Å². The van der Waals surface area contributed by atoms with E-state index in [1.165, 1.54) is 0 Å². The van der Waals surface area contributed by atoms with Crippen LogP contribution < -0.4 is 15.1 Å². The second kappa shape index (κ2) is 9.12. The molecular formula is C25H31ClFN5O. The van der Waals surface area contributed by atoms with Gasteiger partial charge in [0.05, 0.1) is 30.4 Å². The molecule has 2 saturated heterocycles. The highest BCUT2D eigenvalue weighted by Gasteiger charge is 2.29. The van der Waals surface area contributed by atoms with Crippen molar-refractivity contribution in [2.75, 3.05) is 49.1 Å². The van der Waals surface area contributed by atoms with Crippen molar-refractivity contribution >= 4 is 34.3 Å². The van der Waals surface area contributed by atoms with E-state index in [2.05, 4.69) is 19.7 Å². The van der Waals surface area contributed by atoms with E-state index in [0.717, 1.165) is 73.8 Å². The van der Waals surface area contributed by atoms with Gasteiger partial charge in [0.15, 0.2) is 0 Å². The number of rotatable bonds is 5. The largest absolute Gasteiger partial charge is 0.394 e. The SMILES string of the molecule is Cc1cc(Cn2c(N3CCNCC3)nc3c(N4CCC[C@H]4CO)cc(Cl)cc32)cc(C)c1F. The van der Waals surface area contributed by atoms with Crippen molar-refractivity contribution in [2.24, 2.45) is 0 Å². The number of nitrogens with zero attached hydrogens (tertiary/aromatic N) is 4. The first kappa shape index (κ1) is 22.4. The van der Waals surface area contributed by atoms with Gasteiger partial charge in [0, 0.05) is 37.7 Å². The first-order valence-electron chi connectivity index (χ1n) is 11.7. The fourth-order valence-electron chi connectivity index (χ4n) is 5.29. The van der Waals surface area contributed by atoms with Crippen LogP contribution in [0, 0.1) is 19.7 Å². The van der Waals surface area contributed by atoms with E-state index in [9.17, 15) is 9.50 Å². The van der Waals surface area contributed by atoms with Gasteiger partial charge in [0.1, 0.15) is 11.3 Å². The molecule has 1 atom stereocenters. The zero-order valence-electron chi connectivity index (χ0n) is 19.2. The first-order valence-corrected chi connectivity index (χ1v) is 12.1. The predicted molar refractivity (Wildman–Crippen MR) is 132 cm³/mol. The van der Waals surface area contributed by atoms with Crippen LogP contribution in [0.15, 0.2) is 24.3 Å². The fourth-order valence-corrected chi connectivity index (χ4v) is 5.50. The number of fused-ring (bicyclic) bond motifs is 1. The minimum atomic E-state index is -0.147. The van der Waals surface area contributed by atoms with Crippen LogP contribution in [0.5, 0.6) is 0 Å². The number of nitrogens with one attached hydrogen (secondary N) is 1. The van der Waals surface area contributed by atoms with Gasteiger partial charge in [-0.2, -0.15) is 0 Å². The number of anilines is 2. The lowest BCUT2D eigenvalue weighted by Crippen LogP contribution is -2.44. The van der Waals surface area contributed by atoms with Crippen molar-refractivity contribution in [2.45, 2.75) is 39.3 Å². The Morgan fingerprint density at radius 1 is 1.12 bits per heavy atom. The van der Waals surface area contributed by atoms with Crippen LogP contribution in [0.2, 0.25) is 5.02 Å². The average molecular weight is 472 g/mol. The van der Waals surface area contributed by atoms with Gasteiger partial charge in [-0.15, -0.1) is 0 Å². The highest BCUT2D eigenvalue weighted by atomic mass is 35.5. The summed E-state index contributed by atoms with van der Waals surface area (Å²) in [5, 5.41) is 14.0. The summed E-state index contributed by atoms with van der Waals surface area (Å²) in [6.45, 7) is 8.77. The zero-order chi connectivity index (χ0) is 23.1. The lowest BCUT2D eigenvalue weighted by atomic mass is 10.1. The molecule has 0 bridgehead atoms. The Kier molecular flexibility index (Phi) is 6.20. The molecule has 0 radical (unpaired) electrons. The van der Waals surface area contributed by atoms with Gasteiger partial charge in [-0.3, -0.25) is 0 Å². The summed E-state index contributed by atoms with van der Waals surface area (Å²) in [6.07, 6.45) is 2.00. The number of aryl methyl sites for hydroxylation is 2. The molecule has 0 spiro atoms. The third-order valence-corrected chi connectivity index (χ3v) is 7.13. The zero-order valence-corrected chi connectivity index (χ0v) is 20.0. The van der Waals surface area contributed by atoms with E-state index < -0.39 is 0 Å². The van der Waals surface area contributed by atoms with Gasteiger partial charge in [-0.25, -0.2) is 9.37 Å². The lowest BCUT2D eigenvalue weighted by molar-refractivity contribution is 0.266. The van der Waals surface area contributed by atoms with E-state index >= 15 is 0 Å². The molecule has 2 aliphatic rings. The van der Waals surface area contributed by atoms with Crippen LogP contribution >= 0.6 is 11.6 Å². The molecule has 3 heterocycles. The molecule has 3 aromatic rings. The number of imidazole rings is 1. The van der Waals surface area contributed by atoms with Crippen molar-refractivity contribution in [1.29, 1.82) is 0 Å². The molecule has 2 fully saturated rings. The van der Waals surface area contributed by atoms with Crippen molar-refractivity contribution in [3.05, 3.63) is 51.8 Å². The summed E-state index contributed by atoms with van der Waals surface area (Å²) in [5.41, 5.74) is 5.20. The summed E-state index contributed by atoms with van der Waals surface area (Å²) in [6, 6.07) is 7.88. The van der Waals surface area contributed by atoms with E-state index in [1.54, 1.807) is 0 Å². The molecule has 6 nitrogen and oxygen atoms in total. The molecule has 0 saturated carbocycles. The van der Waals surface area contributed by atoms with Gasteiger partial charge in [0.2, 0.25) is 5.95 Å². The van der Waals surface area contributed by atoms with Crippen LogP contribution in [0.1, 0.15) is 29.5 Å². The Balaban J connectivity index is 1.67. The maximum atomic E-state index is 14.3. The molecule has 2 aromatic carbocycles. The second-order valence-corrected chi connectivity index (χ2v) is 9.68. The van der Waals surface area contributed by atoms with Gasteiger partial charge in [-0.1, -0.05) is 23.7 Å². The Morgan fingerprint density at radius 3 is 2.55 bits per heavy atom. The lowest BCUT2D eigenvalue weighted by Gasteiger charge is -2.29. The van der Waals surface area contributed by atoms with E-state index in [-0.39, 0.29) is 18.5 Å². The quantitative estimate of drug-likeness (QED) is 0.591. The van der Waals surface area contributed by atoms with E-state index in [4.69, 9.17) is 16.6 Å². The Labute approximate surface area is 199 Å². The summed E-state index contributed by atoms with van der Waals surface area (Å²) < 4.78 is 16.5. The van der Waals surface area contributed by atoms with Crippen molar-refractivity contribution in [3.8, 4) is 0 Å². The smallest absolute Gasteiger partial charge is 0.207 e. The van der Waals surface area contributed by atoms with Crippen LogP contribution in [-0.2, 0) is 6.54 Å². The summed E-state index contributed by atoms with van der Waals surface area (Å²) in [4.78, 5) is 9.71. The number of hydrogen-bond donors (Lipinski definition) is 2. The van der Waals surface area contributed by atoms with Crippen molar-refractivity contribution in [1.82, 2.24) is 14.9 Å². The molecule has 0 amide bonds. The number of benzene rings is 2. The molecular weight excluding hydrogens is 441 g/mol. The Hall–Kier alpha value is -2.35. The second-order valence-electron chi connectivity index (χ2n) is 9.24. The minimum absolute atomic E-state index is 0.0850. The summed E-state index contributed by atoms with van der Waals surface area (Å²) in [5.74, 6) is 0.764. The number of halogens is 2. The molecule has 0 aliphatic carbocycles. The Bertz CT molecular complexity index is 1150. The summed E-state index contributed by atoms with van der Waals surface area (Å²) >= 11 is 6.63. The summed E-state index contributed by atoms with van der Waals surface area (Å²) in [7, 11) is 0. The van der Waals surface area contributed by atoms with Crippen LogP contribution in [0.3, 0.4) is 0 Å². The first-order chi connectivity index (χ1) is 16.0. The van der Waals surface area contributed by atoms with Crippen LogP contribution in [-0.4, -0.2) is 60.0 Å². The molecule has 5 rings (SSSR count). The van der Waals surface area contributed by atoms with E-state index in [0.29, 0.717) is 22.7 Å². The van der Waals surface area contributed by atoms with E-state index in [1.807, 2.05) is 38.1 Å². The van der Waals surface area contributed by atoms with Crippen LogP contribution in [0.4, 0.5) is 16.0 Å². The van der Waals surface area contributed by atoms with Crippen molar-refractivity contribution < 1.29 is 9.50 Å². The Morgan fingerprint density at radius 2 is 1.85 bits per heavy atom. The van der Waals surface area contributed by atoms with Gasteiger partial charge < -0.3 is 24.8 Å². The number of aliphatic hydroxyl groups is 1. The highest BCUT2D eigenvalue weighted by molar-refractivity contribution is 6.31. The number of hydrogen-bond acceptors (Lipinski definition) is 5. The third kappa shape index (κ3) is 4.18. The average Bonchev–Trinajstić information content (AvgIpc) is 3.42. The standard InChI is InChI=1S/C25H31ClFN5O/c1-16-10-18(11-17(2)23(16)27)14-32-22-13-19(26)12-21(31-7-3-4-20(31)15-33)24(22)29-25(32)30-8-5-28-6-9-30/h10-13,20,28,33H,3-9,14-15H2,1-2H3/t20-/m0/s1. The normalized spacial score (nSPS) is 19.1. The number of aliphatic hydroxyl groups excluding tert-OH is 1. The maximum absolute atomic E-state index is 14.3. The molecule has 33 heavy (non-hydrogen) atoms. The fraction of sp³-hybridized carbons (Fsp3) is 0.480. The highest BCUT2D eigenvalue weighted by Crippen LogP contribution is 2.37. The molecule has 176 valence electrons. The molecule has 2 N–H and O–H groups in total. The molecule has 0 unspecified atom stereocenters. The van der Waals surface area contributed by atoms with Gasteiger partial charge in [-0.05, 0) is 55.5 Å². The minimum Gasteiger partial charge on any atom is -0.394 e. The molecule has 2 aliphatic heterocycles.